The fraction of sp³-hybridized carbons (Fsp3) is 0.348. The van der Waals surface area contributed by atoms with Crippen LogP contribution in [0.25, 0.3) is 16.9 Å². The predicted octanol–water partition coefficient (Wildman–Crippen LogP) is 4.96. The molecule has 30 heavy (non-hydrogen) atoms. The van der Waals surface area contributed by atoms with E-state index in [0.29, 0.717) is 34.1 Å². The second-order valence-corrected chi connectivity index (χ2v) is 7.31. The molecule has 0 unspecified atom stereocenters. The number of nitrogens with one attached hydrogen (secondary N) is 1. The van der Waals surface area contributed by atoms with Crippen LogP contribution in [0.3, 0.4) is 0 Å². The normalized spacial score (nSPS) is 14.8. The average Bonchev–Trinajstić information content (AvgIpc) is 3.21. The molecule has 0 saturated carbocycles. The lowest BCUT2D eigenvalue weighted by molar-refractivity contribution is 0.150. The first-order valence-corrected chi connectivity index (χ1v) is 10.0. The van der Waals surface area contributed by atoms with Crippen molar-refractivity contribution in [1.29, 1.82) is 0 Å². The molecule has 0 atom stereocenters. The number of aromatic nitrogens is 2. The predicted molar refractivity (Wildman–Crippen MR) is 112 cm³/mol. The van der Waals surface area contributed by atoms with Gasteiger partial charge in [-0.3, -0.25) is 0 Å². The molecule has 4 rings (SSSR count). The van der Waals surface area contributed by atoms with Crippen molar-refractivity contribution < 1.29 is 18.3 Å². The number of piperidine rings is 1. The molecule has 3 aromatic rings. The molecule has 0 bridgehead atoms. The topological polar surface area (TPSA) is 48.3 Å². The fourth-order valence-electron chi connectivity index (χ4n) is 4.00. The van der Waals surface area contributed by atoms with Crippen LogP contribution in [-0.2, 0) is 0 Å². The molecule has 158 valence electrons. The molecule has 1 N–H and O–H groups in total. The van der Waals surface area contributed by atoms with E-state index in [1.54, 1.807) is 55.3 Å². The van der Waals surface area contributed by atoms with Crippen molar-refractivity contribution in [2.24, 2.45) is 0 Å². The Morgan fingerprint density at radius 1 is 0.933 bits per heavy atom. The Hall–Kier alpha value is -2.93. The third-order valence-corrected chi connectivity index (χ3v) is 5.58. The van der Waals surface area contributed by atoms with E-state index in [1.807, 2.05) is 12.1 Å². The summed E-state index contributed by atoms with van der Waals surface area (Å²) < 4.78 is 40.9. The highest BCUT2D eigenvalue weighted by Gasteiger charge is 2.31. The molecule has 0 amide bonds. The lowest BCUT2D eigenvalue weighted by Gasteiger charge is -2.22. The van der Waals surface area contributed by atoms with Gasteiger partial charge in [-0.15, -0.1) is 0 Å². The summed E-state index contributed by atoms with van der Waals surface area (Å²) in [5.41, 5.74) is 2.32. The summed E-state index contributed by atoms with van der Waals surface area (Å²) in [5, 5.41) is 8.03. The summed E-state index contributed by atoms with van der Waals surface area (Å²) in [7, 11) is 3.17. The molecule has 0 radical (unpaired) electrons. The van der Waals surface area contributed by atoms with Crippen molar-refractivity contribution in [3.05, 3.63) is 59.8 Å². The van der Waals surface area contributed by atoms with E-state index >= 15 is 0 Å². The quantitative estimate of drug-likeness (QED) is 0.621. The van der Waals surface area contributed by atoms with Crippen molar-refractivity contribution >= 4 is 0 Å². The molecule has 0 spiro atoms. The lowest BCUT2D eigenvalue weighted by atomic mass is 9.90. The molecule has 1 fully saturated rings. The minimum absolute atomic E-state index is 0.00625. The third-order valence-electron chi connectivity index (χ3n) is 5.58. The number of methoxy groups -OCH3 is 2. The number of rotatable bonds is 6. The van der Waals surface area contributed by atoms with Gasteiger partial charge in [-0.25, -0.2) is 13.5 Å². The number of nitrogens with zero attached hydrogens (tertiary/aromatic N) is 2. The van der Waals surface area contributed by atoms with Crippen LogP contribution in [0.1, 0.15) is 36.4 Å². The fourth-order valence-corrected chi connectivity index (χ4v) is 4.00. The molecule has 0 aliphatic carbocycles. The van der Waals surface area contributed by atoms with E-state index in [1.165, 1.54) is 0 Å². The van der Waals surface area contributed by atoms with E-state index in [4.69, 9.17) is 14.6 Å². The number of hydrogen-bond acceptors (Lipinski definition) is 4. The maximum atomic E-state index is 14.4. The van der Waals surface area contributed by atoms with E-state index in [9.17, 15) is 8.78 Å². The Labute approximate surface area is 174 Å². The lowest BCUT2D eigenvalue weighted by Crippen LogP contribution is -2.27. The van der Waals surface area contributed by atoms with Crippen LogP contribution in [0.4, 0.5) is 8.78 Å². The number of alkyl halides is 2. The highest BCUT2D eigenvalue weighted by Crippen LogP contribution is 2.41. The van der Waals surface area contributed by atoms with Crippen molar-refractivity contribution in [3.63, 3.8) is 0 Å². The maximum absolute atomic E-state index is 14.4. The van der Waals surface area contributed by atoms with Crippen LogP contribution in [0.5, 0.6) is 11.5 Å². The van der Waals surface area contributed by atoms with Gasteiger partial charge in [0.2, 0.25) is 0 Å². The van der Waals surface area contributed by atoms with Gasteiger partial charge in [0.25, 0.3) is 6.43 Å². The molecule has 1 saturated heterocycles. The van der Waals surface area contributed by atoms with Gasteiger partial charge in [-0.2, -0.15) is 5.10 Å². The monoisotopic (exact) mass is 413 g/mol. The van der Waals surface area contributed by atoms with Crippen LogP contribution < -0.4 is 14.8 Å². The molecule has 2 aromatic carbocycles. The number of halogens is 2. The van der Waals surface area contributed by atoms with Crippen molar-refractivity contribution in [1.82, 2.24) is 15.1 Å². The summed E-state index contributed by atoms with van der Waals surface area (Å²) in [6.45, 7) is 1.61. The summed E-state index contributed by atoms with van der Waals surface area (Å²) in [6, 6.07) is 14.4. The Kier molecular flexibility index (Phi) is 5.99. The molecule has 1 aromatic heterocycles. The highest BCUT2D eigenvalue weighted by atomic mass is 19.3. The SMILES string of the molecule is COc1ccc(-c2c(C(F)F)c(C3CCNCC3)nn2-c2ccc(OC)cc2)cc1. The van der Waals surface area contributed by atoms with Gasteiger partial charge in [-0.05, 0) is 74.5 Å². The highest BCUT2D eigenvalue weighted by molar-refractivity contribution is 5.68. The van der Waals surface area contributed by atoms with Crippen LogP contribution in [0, 0.1) is 0 Å². The van der Waals surface area contributed by atoms with Gasteiger partial charge >= 0.3 is 0 Å². The van der Waals surface area contributed by atoms with Gasteiger partial charge in [-0.1, -0.05) is 0 Å². The molecular weight excluding hydrogens is 388 g/mol. The molecule has 5 nitrogen and oxygen atoms in total. The summed E-state index contributed by atoms with van der Waals surface area (Å²) in [6.07, 6.45) is -1.04. The smallest absolute Gasteiger partial charge is 0.267 e. The molecule has 1 aliphatic heterocycles. The molecule has 1 aliphatic rings. The van der Waals surface area contributed by atoms with Crippen molar-refractivity contribution in [2.75, 3.05) is 27.3 Å². The maximum Gasteiger partial charge on any atom is 0.267 e. The van der Waals surface area contributed by atoms with Gasteiger partial charge in [0.15, 0.2) is 0 Å². The van der Waals surface area contributed by atoms with Gasteiger partial charge in [0.1, 0.15) is 11.5 Å². The number of ether oxygens (including phenoxy) is 2. The summed E-state index contributed by atoms with van der Waals surface area (Å²) in [4.78, 5) is 0. The summed E-state index contributed by atoms with van der Waals surface area (Å²) in [5.74, 6) is 1.38. The zero-order chi connectivity index (χ0) is 21.1. The molecule has 7 heteroatoms. The van der Waals surface area contributed by atoms with E-state index in [0.717, 1.165) is 25.9 Å². The van der Waals surface area contributed by atoms with E-state index in [-0.39, 0.29) is 11.5 Å². The average molecular weight is 413 g/mol. The van der Waals surface area contributed by atoms with Crippen LogP contribution in [-0.4, -0.2) is 37.1 Å². The zero-order valence-electron chi connectivity index (χ0n) is 17.1. The second-order valence-electron chi connectivity index (χ2n) is 7.31. The van der Waals surface area contributed by atoms with E-state index < -0.39 is 6.43 Å². The van der Waals surface area contributed by atoms with Crippen molar-refractivity contribution in [2.45, 2.75) is 25.2 Å². The Morgan fingerprint density at radius 3 is 2.03 bits per heavy atom. The van der Waals surface area contributed by atoms with Gasteiger partial charge in [0.05, 0.1) is 36.9 Å². The van der Waals surface area contributed by atoms with Gasteiger partial charge in [0, 0.05) is 11.5 Å². The minimum atomic E-state index is -2.63. The summed E-state index contributed by atoms with van der Waals surface area (Å²) >= 11 is 0. The first-order valence-electron chi connectivity index (χ1n) is 10.0. The second kappa shape index (κ2) is 8.83. The van der Waals surface area contributed by atoms with Crippen LogP contribution in [0.2, 0.25) is 0 Å². The number of benzene rings is 2. The van der Waals surface area contributed by atoms with Crippen LogP contribution in [0.15, 0.2) is 48.5 Å². The molecule has 2 heterocycles. The Morgan fingerprint density at radius 2 is 1.50 bits per heavy atom. The van der Waals surface area contributed by atoms with E-state index in [2.05, 4.69) is 5.32 Å². The Bertz CT molecular complexity index is 979. The Balaban J connectivity index is 1.91. The van der Waals surface area contributed by atoms with Gasteiger partial charge < -0.3 is 14.8 Å². The first kappa shape index (κ1) is 20.3. The zero-order valence-corrected chi connectivity index (χ0v) is 17.1. The van der Waals surface area contributed by atoms with Crippen molar-refractivity contribution in [3.8, 4) is 28.4 Å². The van der Waals surface area contributed by atoms with Crippen LogP contribution >= 0.6 is 0 Å². The first-order chi connectivity index (χ1) is 14.6. The third kappa shape index (κ3) is 3.89. The number of hydrogen-bond donors (Lipinski definition) is 1. The minimum Gasteiger partial charge on any atom is -0.497 e. The standard InChI is InChI=1S/C23H25F2N3O2/c1-29-18-7-3-16(4-8-18)22-20(23(24)25)21(15-11-13-26-14-12-15)27-28(22)17-5-9-19(30-2)10-6-17/h3-10,15,23,26H,11-14H2,1-2H3. The largest absolute Gasteiger partial charge is 0.497 e. The molecular formula is C23H25F2N3O2.